The van der Waals surface area contributed by atoms with Gasteiger partial charge in [0, 0.05) is 11.8 Å². The fraction of sp³-hybridized carbons (Fsp3) is 0.292. The van der Waals surface area contributed by atoms with Gasteiger partial charge in [0.15, 0.2) is 11.5 Å². The molecule has 3 aromatic rings. The fourth-order valence-electron chi connectivity index (χ4n) is 3.91. The van der Waals surface area contributed by atoms with Crippen LogP contribution in [0.25, 0.3) is 0 Å². The Kier molecular flexibility index (Phi) is 6.58. The number of carbonyl (C=O) groups is 1. The Balaban J connectivity index is 1.76. The summed E-state index contributed by atoms with van der Waals surface area (Å²) in [5.74, 6) is 2.51. The Morgan fingerprint density at radius 3 is 2.56 bits per heavy atom. The summed E-state index contributed by atoms with van der Waals surface area (Å²) < 4.78 is 23.6. The van der Waals surface area contributed by atoms with Crippen LogP contribution < -0.4 is 29.6 Å². The van der Waals surface area contributed by atoms with Gasteiger partial charge in [-0.1, -0.05) is 6.07 Å². The van der Waals surface area contributed by atoms with E-state index >= 15 is 0 Å². The molecule has 2 heterocycles. The van der Waals surface area contributed by atoms with E-state index in [2.05, 4.69) is 20.7 Å². The van der Waals surface area contributed by atoms with Crippen LogP contribution in [0.1, 0.15) is 25.5 Å². The first kappa shape index (κ1) is 23.0. The number of aromatic nitrogens is 3. The maximum absolute atomic E-state index is 13.6. The van der Waals surface area contributed by atoms with Crippen LogP contribution in [0.15, 0.2) is 54.0 Å². The van der Waals surface area contributed by atoms with Gasteiger partial charge in [-0.15, -0.1) is 0 Å². The highest BCUT2D eigenvalue weighted by Crippen LogP contribution is 2.39. The number of rotatable bonds is 8. The third-order valence-electron chi connectivity index (χ3n) is 5.50. The number of carbonyl (C=O) groups excluding carboxylic acids is 1. The molecule has 0 aliphatic carbocycles. The standard InChI is InChI=1S/C24H27N5O5/c1-6-34-18-10-7-15(11-20(18)33-5)22-21(14(2)27-24-25-13-26-29(22)24)23(30)28-17-9-8-16(31-3)12-19(17)32-4/h7-13,22H,6H2,1-5H3,(H,28,30)(H,25,26,27)/t22-/m1/s1. The highest BCUT2D eigenvalue weighted by atomic mass is 16.5. The first-order valence-electron chi connectivity index (χ1n) is 10.7. The predicted octanol–water partition coefficient (Wildman–Crippen LogP) is 3.63. The Labute approximate surface area is 197 Å². The van der Waals surface area contributed by atoms with Crippen molar-refractivity contribution in [3.8, 4) is 23.0 Å². The highest BCUT2D eigenvalue weighted by Gasteiger charge is 2.34. The molecule has 0 bridgehead atoms. The third-order valence-corrected chi connectivity index (χ3v) is 5.50. The molecule has 1 atom stereocenters. The average Bonchev–Trinajstić information content (AvgIpc) is 3.31. The molecule has 2 N–H and O–H groups in total. The molecule has 2 aromatic carbocycles. The van der Waals surface area contributed by atoms with Crippen LogP contribution >= 0.6 is 0 Å². The molecule has 1 aliphatic heterocycles. The number of benzene rings is 2. The third kappa shape index (κ3) is 4.21. The first-order valence-corrected chi connectivity index (χ1v) is 10.7. The molecule has 4 rings (SSSR count). The van der Waals surface area contributed by atoms with Crippen LogP contribution in [0, 0.1) is 0 Å². The lowest BCUT2D eigenvalue weighted by Gasteiger charge is -2.29. The number of allylic oxidation sites excluding steroid dienone is 1. The van der Waals surface area contributed by atoms with Crippen LogP contribution in [-0.4, -0.2) is 48.6 Å². The van der Waals surface area contributed by atoms with Gasteiger partial charge in [-0.3, -0.25) is 4.79 Å². The number of nitrogens with one attached hydrogen (secondary N) is 2. The molecule has 0 unspecified atom stereocenters. The number of methoxy groups -OCH3 is 3. The van der Waals surface area contributed by atoms with Gasteiger partial charge in [-0.2, -0.15) is 10.1 Å². The van der Waals surface area contributed by atoms with Gasteiger partial charge in [0.1, 0.15) is 23.9 Å². The molecule has 0 spiro atoms. The minimum atomic E-state index is -0.549. The van der Waals surface area contributed by atoms with Crippen molar-refractivity contribution in [2.75, 3.05) is 38.6 Å². The van der Waals surface area contributed by atoms with E-state index in [1.54, 1.807) is 37.1 Å². The van der Waals surface area contributed by atoms with Gasteiger partial charge in [-0.05, 0) is 43.7 Å². The summed E-state index contributed by atoms with van der Waals surface area (Å²) >= 11 is 0. The number of ether oxygens (including phenoxy) is 4. The lowest BCUT2D eigenvalue weighted by molar-refractivity contribution is -0.113. The van der Waals surface area contributed by atoms with E-state index in [-0.39, 0.29) is 5.91 Å². The van der Waals surface area contributed by atoms with Gasteiger partial charge < -0.3 is 29.6 Å². The number of fused-ring (bicyclic) bond motifs is 1. The van der Waals surface area contributed by atoms with E-state index in [4.69, 9.17) is 18.9 Å². The number of hydrogen-bond donors (Lipinski definition) is 2. The van der Waals surface area contributed by atoms with Gasteiger partial charge in [0.2, 0.25) is 5.95 Å². The molecular weight excluding hydrogens is 438 g/mol. The molecule has 1 aromatic heterocycles. The van der Waals surface area contributed by atoms with Crippen molar-refractivity contribution in [3.63, 3.8) is 0 Å². The topological polar surface area (TPSA) is 109 Å². The molecule has 1 amide bonds. The summed E-state index contributed by atoms with van der Waals surface area (Å²) in [6, 6.07) is 10.2. The highest BCUT2D eigenvalue weighted by molar-refractivity contribution is 6.06. The van der Waals surface area contributed by atoms with E-state index in [0.717, 1.165) is 5.56 Å². The Morgan fingerprint density at radius 1 is 1.06 bits per heavy atom. The van der Waals surface area contributed by atoms with Gasteiger partial charge in [0.25, 0.3) is 5.91 Å². The monoisotopic (exact) mass is 465 g/mol. The second kappa shape index (κ2) is 9.74. The van der Waals surface area contributed by atoms with Crippen molar-refractivity contribution in [1.29, 1.82) is 0 Å². The molecule has 34 heavy (non-hydrogen) atoms. The van der Waals surface area contributed by atoms with Crippen molar-refractivity contribution in [3.05, 3.63) is 59.6 Å². The quantitative estimate of drug-likeness (QED) is 0.519. The zero-order chi connectivity index (χ0) is 24.2. The van der Waals surface area contributed by atoms with E-state index in [9.17, 15) is 4.79 Å². The van der Waals surface area contributed by atoms with Gasteiger partial charge >= 0.3 is 0 Å². The lowest BCUT2D eigenvalue weighted by Crippen LogP contribution is -2.31. The van der Waals surface area contributed by atoms with Crippen molar-refractivity contribution < 1.29 is 23.7 Å². The van der Waals surface area contributed by atoms with Crippen LogP contribution in [0.2, 0.25) is 0 Å². The van der Waals surface area contributed by atoms with Crippen LogP contribution in [-0.2, 0) is 4.79 Å². The summed E-state index contributed by atoms with van der Waals surface area (Å²) in [4.78, 5) is 17.9. The summed E-state index contributed by atoms with van der Waals surface area (Å²) in [6.45, 7) is 4.24. The second-order valence-corrected chi connectivity index (χ2v) is 7.46. The summed E-state index contributed by atoms with van der Waals surface area (Å²) in [5, 5.41) is 10.5. The van der Waals surface area contributed by atoms with E-state index in [0.29, 0.717) is 52.5 Å². The van der Waals surface area contributed by atoms with Gasteiger partial charge in [-0.25, -0.2) is 4.68 Å². The lowest BCUT2D eigenvalue weighted by atomic mass is 9.94. The summed E-state index contributed by atoms with van der Waals surface area (Å²) in [7, 11) is 4.68. The smallest absolute Gasteiger partial charge is 0.255 e. The minimum Gasteiger partial charge on any atom is -0.497 e. The van der Waals surface area contributed by atoms with Crippen molar-refractivity contribution >= 4 is 17.5 Å². The first-order chi connectivity index (χ1) is 16.5. The van der Waals surface area contributed by atoms with Crippen molar-refractivity contribution in [1.82, 2.24) is 14.8 Å². The molecule has 0 fully saturated rings. The fourth-order valence-corrected chi connectivity index (χ4v) is 3.91. The maximum atomic E-state index is 13.6. The minimum absolute atomic E-state index is 0.313. The van der Waals surface area contributed by atoms with E-state index in [1.165, 1.54) is 13.4 Å². The zero-order valence-electron chi connectivity index (χ0n) is 19.7. The summed E-state index contributed by atoms with van der Waals surface area (Å²) in [6.07, 6.45) is 1.45. The molecule has 178 valence electrons. The number of anilines is 2. The normalized spacial score (nSPS) is 14.7. The Hall–Kier alpha value is -4.21. The van der Waals surface area contributed by atoms with E-state index < -0.39 is 6.04 Å². The molecule has 1 aliphatic rings. The molecule has 0 saturated heterocycles. The molecular formula is C24H27N5O5. The molecule has 10 heteroatoms. The zero-order valence-corrected chi connectivity index (χ0v) is 19.7. The van der Waals surface area contributed by atoms with E-state index in [1.807, 2.05) is 32.0 Å². The van der Waals surface area contributed by atoms with Crippen molar-refractivity contribution in [2.45, 2.75) is 19.9 Å². The average molecular weight is 466 g/mol. The van der Waals surface area contributed by atoms with Crippen LogP contribution in [0.5, 0.6) is 23.0 Å². The number of hydrogen-bond acceptors (Lipinski definition) is 8. The largest absolute Gasteiger partial charge is 0.497 e. The second-order valence-electron chi connectivity index (χ2n) is 7.46. The van der Waals surface area contributed by atoms with Gasteiger partial charge in [0.05, 0.1) is 39.2 Å². The van der Waals surface area contributed by atoms with Crippen LogP contribution in [0.3, 0.4) is 0 Å². The maximum Gasteiger partial charge on any atom is 0.255 e. The number of amides is 1. The number of nitrogens with zero attached hydrogens (tertiary/aromatic N) is 3. The molecule has 0 radical (unpaired) electrons. The predicted molar refractivity (Wildman–Crippen MR) is 127 cm³/mol. The summed E-state index contributed by atoms with van der Waals surface area (Å²) in [5.41, 5.74) is 2.44. The van der Waals surface area contributed by atoms with Crippen LogP contribution in [0.4, 0.5) is 11.6 Å². The Bertz CT molecular complexity index is 1240. The Morgan fingerprint density at radius 2 is 1.85 bits per heavy atom. The molecule has 10 nitrogen and oxygen atoms in total. The SMILES string of the molecule is CCOc1ccc([C@@H]2C(C(=O)Nc3ccc(OC)cc3OC)=C(C)Nc3ncnn32)cc1OC. The van der Waals surface area contributed by atoms with Crippen molar-refractivity contribution in [2.24, 2.45) is 0 Å². The molecule has 0 saturated carbocycles.